The van der Waals surface area contributed by atoms with Gasteiger partial charge < -0.3 is 0 Å². The third kappa shape index (κ3) is 4.21. The highest BCUT2D eigenvalue weighted by atomic mass is 32.2. The Kier molecular flexibility index (Phi) is 5.20. The summed E-state index contributed by atoms with van der Waals surface area (Å²) in [7, 11) is -0.732. The van der Waals surface area contributed by atoms with Gasteiger partial charge in [-0.25, -0.2) is 18.1 Å². The number of nitrogens with one attached hydrogen (secondary N) is 1. The molecule has 0 aliphatic rings. The molecule has 23 heavy (non-hydrogen) atoms. The van der Waals surface area contributed by atoms with E-state index in [1.165, 1.54) is 44.6 Å². The van der Waals surface area contributed by atoms with Crippen molar-refractivity contribution in [1.29, 1.82) is 0 Å². The average molecular weight is 332 g/mol. The van der Waals surface area contributed by atoms with Gasteiger partial charge in [-0.15, -0.1) is 0 Å². The fourth-order valence-electron chi connectivity index (χ4n) is 1.68. The molecule has 0 fully saturated rings. The van der Waals surface area contributed by atoms with E-state index in [1.54, 1.807) is 24.4 Å². The smallest absolute Gasteiger partial charge is 0.267 e. The van der Waals surface area contributed by atoms with E-state index >= 15 is 0 Å². The molecule has 120 valence electrons. The van der Waals surface area contributed by atoms with Crippen LogP contribution >= 0.6 is 0 Å². The molecule has 8 heteroatoms. The summed E-state index contributed by atoms with van der Waals surface area (Å²) in [5.41, 5.74) is 3.13. The number of carbonyl (C=O) groups is 1. The van der Waals surface area contributed by atoms with Gasteiger partial charge in [-0.05, 0) is 30.3 Å². The normalized spacial score (nSPS) is 11.8. The number of amides is 1. The molecule has 0 saturated heterocycles. The van der Waals surface area contributed by atoms with Gasteiger partial charge in [-0.3, -0.25) is 9.78 Å². The summed E-state index contributed by atoms with van der Waals surface area (Å²) in [5.74, 6) is -0.506. The largest absolute Gasteiger partial charge is 0.271 e. The first-order chi connectivity index (χ1) is 10.9. The van der Waals surface area contributed by atoms with Crippen molar-refractivity contribution in [3.8, 4) is 0 Å². The number of pyridine rings is 1. The van der Waals surface area contributed by atoms with Gasteiger partial charge >= 0.3 is 0 Å². The minimum atomic E-state index is -3.59. The summed E-state index contributed by atoms with van der Waals surface area (Å²) in [6.45, 7) is 0. The van der Waals surface area contributed by atoms with Gasteiger partial charge in [0.05, 0.1) is 16.8 Å². The molecule has 7 nitrogen and oxygen atoms in total. The van der Waals surface area contributed by atoms with Gasteiger partial charge in [-0.1, -0.05) is 12.1 Å². The van der Waals surface area contributed by atoms with Crippen molar-refractivity contribution in [2.45, 2.75) is 4.90 Å². The van der Waals surface area contributed by atoms with Crippen LogP contribution in [0.4, 0.5) is 0 Å². The van der Waals surface area contributed by atoms with Gasteiger partial charge in [0.2, 0.25) is 10.0 Å². The van der Waals surface area contributed by atoms with Crippen molar-refractivity contribution in [2.24, 2.45) is 5.10 Å². The van der Waals surface area contributed by atoms with Crippen LogP contribution in [0.2, 0.25) is 0 Å². The van der Waals surface area contributed by atoms with E-state index in [0.29, 0.717) is 5.69 Å². The maximum atomic E-state index is 12.1. The third-order valence-electron chi connectivity index (χ3n) is 2.93. The first-order valence-electron chi connectivity index (χ1n) is 6.68. The summed E-state index contributed by atoms with van der Waals surface area (Å²) in [6, 6.07) is 11.1. The summed E-state index contributed by atoms with van der Waals surface area (Å²) < 4.78 is 25.2. The molecule has 0 radical (unpaired) electrons. The lowest BCUT2D eigenvalue weighted by atomic mass is 10.2. The molecule has 0 spiro atoms. The Balaban J connectivity index is 2.13. The fraction of sp³-hybridized carbons (Fsp3) is 0.133. The number of benzene rings is 1. The highest BCUT2D eigenvalue weighted by Gasteiger charge is 2.18. The van der Waals surface area contributed by atoms with Crippen LogP contribution in [-0.4, -0.2) is 43.9 Å². The zero-order valence-corrected chi connectivity index (χ0v) is 13.5. The standard InChI is InChI=1S/C15H16N4O3S/c1-19(2)23(21,22)14-8-5-6-12(10-14)15(20)18-17-11-13-7-3-4-9-16-13/h3-11H,1-2H3,(H,18,20)/b17-11-. The van der Waals surface area contributed by atoms with Crippen LogP contribution in [0.25, 0.3) is 0 Å². The van der Waals surface area contributed by atoms with Gasteiger partial charge in [0.25, 0.3) is 5.91 Å². The van der Waals surface area contributed by atoms with Crippen molar-refractivity contribution in [3.05, 3.63) is 59.9 Å². The summed E-state index contributed by atoms with van der Waals surface area (Å²) >= 11 is 0. The first kappa shape index (κ1) is 16.8. The Morgan fingerprint density at radius 2 is 2.00 bits per heavy atom. The molecule has 1 aromatic carbocycles. The molecule has 2 aromatic rings. The predicted molar refractivity (Wildman–Crippen MR) is 86.6 cm³/mol. The Morgan fingerprint density at radius 3 is 2.65 bits per heavy atom. The van der Waals surface area contributed by atoms with Crippen molar-refractivity contribution < 1.29 is 13.2 Å². The van der Waals surface area contributed by atoms with E-state index in [0.717, 1.165) is 4.31 Å². The van der Waals surface area contributed by atoms with Crippen LogP contribution in [0, 0.1) is 0 Å². The fourth-order valence-corrected chi connectivity index (χ4v) is 2.63. The summed E-state index contributed by atoms with van der Waals surface area (Å²) in [5, 5.41) is 3.80. The van der Waals surface area contributed by atoms with Crippen LogP contribution < -0.4 is 5.43 Å². The van der Waals surface area contributed by atoms with E-state index in [4.69, 9.17) is 0 Å². The molecular weight excluding hydrogens is 316 g/mol. The molecule has 0 aliphatic carbocycles. The molecule has 0 aliphatic heterocycles. The lowest BCUT2D eigenvalue weighted by molar-refractivity contribution is 0.0955. The second-order valence-electron chi connectivity index (χ2n) is 4.77. The maximum Gasteiger partial charge on any atom is 0.271 e. The molecule has 0 bridgehead atoms. The predicted octanol–water partition coefficient (Wildman–Crippen LogP) is 1.10. The van der Waals surface area contributed by atoms with Crippen LogP contribution in [-0.2, 0) is 10.0 Å². The molecule has 0 unspecified atom stereocenters. The molecule has 1 heterocycles. The molecular formula is C15H16N4O3S. The second kappa shape index (κ2) is 7.12. The minimum absolute atomic E-state index is 0.0452. The average Bonchev–Trinajstić information content (AvgIpc) is 2.55. The van der Waals surface area contributed by atoms with Crippen LogP contribution in [0.3, 0.4) is 0 Å². The van der Waals surface area contributed by atoms with Gasteiger partial charge in [0, 0.05) is 25.9 Å². The Bertz CT molecular complexity index is 818. The number of rotatable bonds is 5. The number of aromatic nitrogens is 1. The Morgan fingerprint density at radius 1 is 1.22 bits per heavy atom. The zero-order valence-electron chi connectivity index (χ0n) is 12.7. The van der Waals surface area contributed by atoms with Gasteiger partial charge in [0.15, 0.2) is 0 Å². The second-order valence-corrected chi connectivity index (χ2v) is 6.92. The summed E-state index contributed by atoms with van der Waals surface area (Å²) in [6.07, 6.45) is 3.01. The molecule has 1 N–H and O–H groups in total. The highest BCUT2D eigenvalue weighted by Crippen LogP contribution is 2.14. The van der Waals surface area contributed by atoms with E-state index in [-0.39, 0.29) is 10.5 Å². The number of carbonyl (C=O) groups excluding carboxylic acids is 1. The molecule has 2 rings (SSSR count). The minimum Gasteiger partial charge on any atom is -0.267 e. The molecule has 0 atom stereocenters. The monoisotopic (exact) mass is 332 g/mol. The van der Waals surface area contributed by atoms with Crippen molar-refractivity contribution in [1.82, 2.24) is 14.7 Å². The zero-order chi connectivity index (χ0) is 16.9. The van der Waals surface area contributed by atoms with Crippen molar-refractivity contribution in [3.63, 3.8) is 0 Å². The maximum absolute atomic E-state index is 12.1. The van der Waals surface area contributed by atoms with Crippen molar-refractivity contribution >= 4 is 22.1 Å². The first-order valence-corrected chi connectivity index (χ1v) is 8.12. The number of hydrazone groups is 1. The van der Waals surface area contributed by atoms with E-state index in [2.05, 4.69) is 15.5 Å². The summed E-state index contributed by atoms with van der Waals surface area (Å²) in [4.78, 5) is 16.1. The van der Waals surface area contributed by atoms with Crippen LogP contribution in [0.15, 0.2) is 58.7 Å². The Labute approximate surface area is 134 Å². The topological polar surface area (TPSA) is 91.7 Å². The molecule has 1 amide bonds. The number of nitrogens with zero attached hydrogens (tertiary/aromatic N) is 3. The molecule has 0 saturated carbocycles. The van der Waals surface area contributed by atoms with Gasteiger partial charge in [-0.2, -0.15) is 5.10 Å². The Hall–Kier alpha value is -2.58. The third-order valence-corrected chi connectivity index (χ3v) is 4.74. The van der Waals surface area contributed by atoms with Crippen molar-refractivity contribution in [2.75, 3.05) is 14.1 Å². The SMILES string of the molecule is CN(C)S(=O)(=O)c1cccc(C(=O)N/N=C\c2ccccn2)c1. The van der Waals surface area contributed by atoms with E-state index in [9.17, 15) is 13.2 Å². The van der Waals surface area contributed by atoms with Gasteiger partial charge in [0.1, 0.15) is 0 Å². The highest BCUT2D eigenvalue weighted by molar-refractivity contribution is 7.89. The van der Waals surface area contributed by atoms with E-state index < -0.39 is 15.9 Å². The molecule has 1 aromatic heterocycles. The van der Waals surface area contributed by atoms with Crippen LogP contribution in [0.1, 0.15) is 16.1 Å². The lowest BCUT2D eigenvalue weighted by Crippen LogP contribution is -2.23. The number of sulfonamides is 1. The van der Waals surface area contributed by atoms with E-state index in [1.807, 2.05) is 0 Å². The quantitative estimate of drug-likeness (QED) is 0.655. The lowest BCUT2D eigenvalue weighted by Gasteiger charge is -2.11. The number of hydrogen-bond acceptors (Lipinski definition) is 5. The number of hydrogen-bond donors (Lipinski definition) is 1. The van der Waals surface area contributed by atoms with Crippen LogP contribution in [0.5, 0.6) is 0 Å².